The van der Waals surface area contributed by atoms with E-state index < -0.39 is 5.97 Å². The van der Waals surface area contributed by atoms with Crippen molar-refractivity contribution < 1.29 is 9.90 Å². The number of nitrogens with zero attached hydrogens (tertiary/aromatic N) is 5. The Hall–Kier alpha value is -3.55. The molecule has 0 spiro atoms. The molecule has 1 aliphatic heterocycles. The third-order valence-electron chi connectivity index (χ3n) is 5.14. The molecule has 1 fully saturated rings. The standard InChI is InChI=1S/C22H23N5O3/c28-20(29)8-5-13-27-19(25-18-7-2-1-6-17(18)21(27)30)10-9-16-14-23-22(24-15-16)26-11-3-4-12-26/h1-2,6-7,9-10,14-15H,3-5,8,11-13H2,(H,28,29)/b10-9-. The zero-order valence-electron chi connectivity index (χ0n) is 16.6. The molecule has 1 aromatic carbocycles. The second-order valence-corrected chi connectivity index (χ2v) is 7.29. The smallest absolute Gasteiger partial charge is 0.303 e. The fourth-order valence-corrected chi connectivity index (χ4v) is 3.59. The Bertz CT molecular complexity index is 1130. The molecular weight excluding hydrogens is 382 g/mol. The average Bonchev–Trinajstić information content (AvgIpc) is 3.29. The molecule has 0 unspecified atom stereocenters. The molecular formula is C22H23N5O3. The predicted octanol–water partition coefficient (Wildman–Crippen LogP) is 2.82. The maximum absolute atomic E-state index is 12.9. The number of hydrogen-bond donors (Lipinski definition) is 1. The van der Waals surface area contributed by atoms with Gasteiger partial charge in [-0.15, -0.1) is 0 Å². The summed E-state index contributed by atoms with van der Waals surface area (Å²) in [6.07, 6.45) is 9.76. The minimum atomic E-state index is -0.885. The number of fused-ring (bicyclic) bond motifs is 1. The van der Waals surface area contributed by atoms with Gasteiger partial charge in [0, 0.05) is 44.0 Å². The maximum Gasteiger partial charge on any atom is 0.303 e. The van der Waals surface area contributed by atoms with Gasteiger partial charge in [0.25, 0.3) is 5.56 Å². The van der Waals surface area contributed by atoms with Crippen LogP contribution in [0, 0.1) is 0 Å². The first kappa shape index (κ1) is 19.8. The minimum absolute atomic E-state index is 0.00573. The molecule has 0 radical (unpaired) electrons. The summed E-state index contributed by atoms with van der Waals surface area (Å²) >= 11 is 0. The number of carboxylic acid groups (broad SMARTS) is 1. The topological polar surface area (TPSA) is 101 Å². The quantitative estimate of drug-likeness (QED) is 0.645. The number of carbonyl (C=O) groups is 1. The van der Waals surface area contributed by atoms with Crippen molar-refractivity contribution in [3.05, 3.63) is 58.4 Å². The Kier molecular flexibility index (Phi) is 5.83. The molecule has 0 bridgehead atoms. The van der Waals surface area contributed by atoms with Crippen LogP contribution in [0.25, 0.3) is 23.1 Å². The SMILES string of the molecule is O=C(O)CCCn1c(/C=C\c2cnc(N3CCCC3)nc2)nc2ccccc2c1=O. The third kappa shape index (κ3) is 4.37. The second-order valence-electron chi connectivity index (χ2n) is 7.29. The highest BCUT2D eigenvalue weighted by Gasteiger charge is 2.14. The number of anilines is 1. The predicted molar refractivity (Wildman–Crippen MR) is 115 cm³/mol. The Morgan fingerprint density at radius 3 is 2.57 bits per heavy atom. The summed E-state index contributed by atoms with van der Waals surface area (Å²) in [4.78, 5) is 39.5. The number of carboxylic acids is 1. The number of rotatable bonds is 7. The molecule has 30 heavy (non-hydrogen) atoms. The van der Waals surface area contributed by atoms with Gasteiger partial charge < -0.3 is 10.0 Å². The molecule has 154 valence electrons. The zero-order chi connectivity index (χ0) is 20.9. The van der Waals surface area contributed by atoms with E-state index >= 15 is 0 Å². The van der Waals surface area contributed by atoms with E-state index in [1.807, 2.05) is 12.1 Å². The summed E-state index contributed by atoms with van der Waals surface area (Å²) in [6.45, 7) is 2.25. The van der Waals surface area contributed by atoms with Crippen molar-refractivity contribution in [1.29, 1.82) is 0 Å². The van der Waals surface area contributed by atoms with Gasteiger partial charge in [-0.2, -0.15) is 0 Å². The maximum atomic E-state index is 12.9. The highest BCUT2D eigenvalue weighted by Crippen LogP contribution is 2.16. The number of aromatic nitrogens is 4. The van der Waals surface area contributed by atoms with Crippen LogP contribution in [0.4, 0.5) is 5.95 Å². The van der Waals surface area contributed by atoms with E-state index in [1.54, 1.807) is 36.7 Å². The molecule has 1 aliphatic rings. The van der Waals surface area contributed by atoms with Crippen LogP contribution >= 0.6 is 0 Å². The van der Waals surface area contributed by atoms with E-state index in [1.165, 1.54) is 4.57 Å². The van der Waals surface area contributed by atoms with Crippen LogP contribution in [-0.2, 0) is 11.3 Å². The summed E-state index contributed by atoms with van der Waals surface area (Å²) in [5.41, 5.74) is 1.24. The first-order valence-electron chi connectivity index (χ1n) is 10.1. The lowest BCUT2D eigenvalue weighted by Crippen LogP contribution is -2.24. The first-order valence-corrected chi connectivity index (χ1v) is 10.1. The molecule has 2 aromatic heterocycles. The molecule has 4 rings (SSSR count). The van der Waals surface area contributed by atoms with E-state index in [0.717, 1.165) is 37.4 Å². The van der Waals surface area contributed by atoms with Crippen molar-refractivity contribution in [1.82, 2.24) is 19.5 Å². The minimum Gasteiger partial charge on any atom is -0.481 e. The molecule has 0 saturated carbocycles. The number of aliphatic carboxylic acids is 1. The fraction of sp³-hybridized carbons (Fsp3) is 0.318. The normalized spacial score (nSPS) is 14.1. The Balaban J connectivity index is 1.62. The summed E-state index contributed by atoms with van der Waals surface area (Å²) in [6, 6.07) is 7.16. The van der Waals surface area contributed by atoms with E-state index in [2.05, 4.69) is 19.9 Å². The number of para-hydroxylation sites is 1. The molecule has 8 heteroatoms. The van der Waals surface area contributed by atoms with Gasteiger partial charge in [-0.05, 0) is 43.5 Å². The zero-order valence-corrected chi connectivity index (χ0v) is 16.6. The summed E-state index contributed by atoms with van der Waals surface area (Å²) in [7, 11) is 0. The lowest BCUT2D eigenvalue weighted by molar-refractivity contribution is -0.137. The summed E-state index contributed by atoms with van der Waals surface area (Å²) in [5.74, 6) is 0.330. The first-order chi connectivity index (χ1) is 14.6. The highest BCUT2D eigenvalue weighted by atomic mass is 16.4. The van der Waals surface area contributed by atoms with E-state index in [-0.39, 0.29) is 18.5 Å². The summed E-state index contributed by atoms with van der Waals surface area (Å²) in [5, 5.41) is 9.44. The van der Waals surface area contributed by atoms with Crippen LogP contribution in [-0.4, -0.2) is 43.7 Å². The molecule has 3 aromatic rings. The lowest BCUT2D eigenvalue weighted by Gasteiger charge is -2.14. The van der Waals surface area contributed by atoms with Gasteiger partial charge in [-0.25, -0.2) is 15.0 Å². The van der Waals surface area contributed by atoms with E-state index in [9.17, 15) is 9.59 Å². The van der Waals surface area contributed by atoms with E-state index in [0.29, 0.717) is 23.1 Å². The van der Waals surface area contributed by atoms with Gasteiger partial charge in [-0.3, -0.25) is 14.2 Å². The Labute approximate surface area is 173 Å². The van der Waals surface area contributed by atoms with Gasteiger partial charge in [-0.1, -0.05) is 12.1 Å². The molecule has 8 nitrogen and oxygen atoms in total. The molecule has 3 heterocycles. The van der Waals surface area contributed by atoms with Gasteiger partial charge in [0.2, 0.25) is 5.95 Å². The number of benzene rings is 1. The van der Waals surface area contributed by atoms with E-state index in [4.69, 9.17) is 5.11 Å². The van der Waals surface area contributed by atoms with Crippen molar-refractivity contribution in [2.75, 3.05) is 18.0 Å². The molecule has 0 aliphatic carbocycles. The molecule has 1 saturated heterocycles. The van der Waals surface area contributed by atoms with Gasteiger partial charge >= 0.3 is 5.97 Å². The van der Waals surface area contributed by atoms with Crippen LogP contribution < -0.4 is 10.5 Å². The Morgan fingerprint density at radius 1 is 1.10 bits per heavy atom. The van der Waals surface area contributed by atoms with Crippen molar-refractivity contribution in [3.8, 4) is 0 Å². The van der Waals surface area contributed by atoms with Crippen LogP contribution in [0.2, 0.25) is 0 Å². The molecule has 1 N–H and O–H groups in total. The lowest BCUT2D eigenvalue weighted by atomic mass is 10.2. The fourth-order valence-electron chi connectivity index (χ4n) is 3.59. The largest absolute Gasteiger partial charge is 0.481 e. The third-order valence-corrected chi connectivity index (χ3v) is 5.14. The molecule has 0 atom stereocenters. The monoisotopic (exact) mass is 405 g/mol. The average molecular weight is 405 g/mol. The number of hydrogen-bond acceptors (Lipinski definition) is 6. The van der Waals surface area contributed by atoms with Crippen LogP contribution in [0.3, 0.4) is 0 Å². The van der Waals surface area contributed by atoms with Crippen molar-refractivity contribution in [3.63, 3.8) is 0 Å². The Morgan fingerprint density at radius 2 is 1.83 bits per heavy atom. The summed E-state index contributed by atoms with van der Waals surface area (Å²) < 4.78 is 1.53. The van der Waals surface area contributed by atoms with Crippen LogP contribution in [0.15, 0.2) is 41.5 Å². The van der Waals surface area contributed by atoms with Crippen molar-refractivity contribution in [2.24, 2.45) is 0 Å². The van der Waals surface area contributed by atoms with Gasteiger partial charge in [0.1, 0.15) is 5.82 Å². The van der Waals surface area contributed by atoms with Crippen molar-refractivity contribution in [2.45, 2.75) is 32.2 Å². The van der Waals surface area contributed by atoms with Gasteiger partial charge in [0.05, 0.1) is 10.9 Å². The van der Waals surface area contributed by atoms with Crippen LogP contribution in [0.1, 0.15) is 37.1 Å². The molecule has 0 amide bonds. The van der Waals surface area contributed by atoms with Crippen LogP contribution in [0.5, 0.6) is 0 Å². The van der Waals surface area contributed by atoms with Gasteiger partial charge in [0.15, 0.2) is 0 Å². The highest BCUT2D eigenvalue weighted by molar-refractivity contribution is 5.79. The second kappa shape index (κ2) is 8.86. The van der Waals surface area contributed by atoms with Crippen molar-refractivity contribution >= 4 is 35.0 Å².